The maximum absolute atomic E-state index is 13.7. The molecule has 2 aromatic carbocycles. The molecule has 0 saturated heterocycles. The number of anilines is 2. The van der Waals surface area contributed by atoms with Gasteiger partial charge in [-0.1, -0.05) is 0 Å². The fourth-order valence-corrected chi connectivity index (χ4v) is 11.2. The molecule has 13 heteroatoms. The molecule has 2 aliphatic carbocycles. The van der Waals surface area contributed by atoms with Crippen LogP contribution in [-0.2, 0) is 35.5 Å². The van der Waals surface area contributed by atoms with Gasteiger partial charge >= 0.3 is 0 Å². The molecule has 8 rings (SSSR count). The number of hydrogen-bond acceptors (Lipinski definition) is 10. The van der Waals surface area contributed by atoms with Crippen molar-refractivity contribution in [3.05, 3.63) is 79.0 Å². The van der Waals surface area contributed by atoms with Crippen LogP contribution in [0.4, 0.5) is 11.6 Å². The number of nitrogens with two attached hydrogens (primary N) is 2. The fraction of sp³-hybridized carbons (Fsp3) is 0.250. The van der Waals surface area contributed by atoms with E-state index >= 15 is 0 Å². The summed E-state index contributed by atoms with van der Waals surface area (Å²) in [6, 6.07) is 13.2. The zero-order valence-corrected chi connectivity index (χ0v) is 28.2. The molecule has 0 saturated carbocycles. The molecule has 0 fully saturated rings. The molecular formula is C32H28N6O2S5. The minimum Gasteiger partial charge on any atom is -0.384 e. The van der Waals surface area contributed by atoms with Crippen LogP contribution in [0.5, 0.6) is 0 Å². The molecule has 4 heterocycles. The minimum absolute atomic E-state index is 0.162. The highest BCUT2D eigenvalue weighted by atomic mass is 32.2. The number of sulfone groups is 1. The van der Waals surface area contributed by atoms with Gasteiger partial charge in [-0.05, 0) is 135 Å². The van der Waals surface area contributed by atoms with Crippen LogP contribution in [-0.4, -0.2) is 27.5 Å². The highest BCUT2D eigenvalue weighted by Gasteiger charge is 2.24. The average molecular weight is 689 g/mol. The molecule has 4 aromatic heterocycles. The molecule has 0 atom stereocenters. The van der Waals surface area contributed by atoms with E-state index in [4.69, 9.17) is 45.9 Å². The Morgan fingerprint density at radius 1 is 0.622 bits per heavy atom. The van der Waals surface area contributed by atoms with Crippen LogP contribution in [0.15, 0.2) is 58.3 Å². The minimum atomic E-state index is -3.81. The van der Waals surface area contributed by atoms with Crippen LogP contribution >= 0.6 is 47.1 Å². The van der Waals surface area contributed by atoms with Gasteiger partial charge in [0.25, 0.3) is 0 Å². The second-order valence-corrected chi connectivity index (χ2v) is 16.4. The smallest absolute Gasteiger partial charge is 0.207 e. The largest absolute Gasteiger partial charge is 0.384 e. The summed E-state index contributed by atoms with van der Waals surface area (Å²) in [4.78, 5) is 14.1. The van der Waals surface area contributed by atoms with E-state index < -0.39 is 9.84 Å². The summed E-state index contributed by atoms with van der Waals surface area (Å²) >= 11 is 14.6. The molecule has 2 aliphatic rings. The van der Waals surface area contributed by atoms with Crippen molar-refractivity contribution in [1.82, 2.24) is 19.1 Å². The third-order valence-corrected chi connectivity index (χ3v) is 13.6. The van der Waals surface area contributed by atoms with Crippen LogP contribution in [0.1, 0.15) is 46.6 Å². The number of hydrogen-bond donors (Lipinski definition) is 2. The highest BCUT2D eigenvalue weighted by molar-refractivity contribution is 7.91. The topological polar surface area (TPSA) is 122 Å². The van der Waals surface area contributed by atoms with E-state index in [1.54, 1.807) is 80.3 Å². The summed E-state index contributed by atoms with van der Waals surface area (Å²) in [6.45, 7) is 0. The van der Waals surface area contributed by atoms with E-state index in [9.17, 15) is 8.42 Å². The summed E-state index contributed by atoms with van der Waals surface area (Å²) in [5.74, 6) is 1.09. The Bertz CT molecular complexity index is 2240. The van der Waals surface area contributed by atoms with Crippen molar-refractivity contribution in [1.29, 1.82) is 0 Å². The van der Waals surface area contributed by atoms with Crippen molar-refractivity contribution in [2.75, 3.05) is 11.5 Å². The van der Waals surface area contributed by atoms with Crippen molar-refractivity contribution in [3.63, 3.8) is 0 Å². The van der Waals surface area contributed by atoms with Crippen LogP contribution in [0, 0.1) is 9.54 Å². The number of nitrogens with zero attached hydrogens (tertiary/aromatic N) is 4. The van der Waals surface area contributed by atoms with Crippen LogP contribution in [0.25, 0.3) is 31.8 Å². The van der Waals surface area contributed by atoms with E-state index in [2.05, 4.69) is 0 Å². The number of aryl methyl sites for hydroxylation is 4. The Kier molecular flexibility index (Phi) is 6.95. The van der Waals surface area contributed by atoms with E-state index in [1.807, 2.05) is 0 Å². The van der Waals surface area contributed by atoms with Crippen LogP contribution < -0.4 is 11.5 Å². The average Bonchev–Trinajstić information content (AvgIpc) is 3.59. The van der Waals surface area contributed by atoms with Crippen molar-refractivity contribution in [3.8, 4) is 11.4 Å². The first-order chi connectivity index (χ1) is 21.7. The second kappa shape index (κ2) is 10.8. The first kappa shape index (κ1) is 28.9. The van der Waals surface area contributed by atoms with Gasteiger partial charge in [-0.3, -0.25) is 9.13 Å². The van der Waals surface area contributed by atoms with Gasteiger partial charge < -0.3 is 11.5 Å². The molecule has 0 amide bonds. The maximum atomic E-state index is 13.7. The number of thiophene rings is 2. The lowest BCUT2D eigenvalue weighted by atomic mass is 9.97. The van der Waals surface area contributed by atoms with Crippen LogP contribution in [0.2, 0.25) is 0 Å². The molecule has 0 unspecified atom stereocenters. The standard InChI is InChI=1S/C32H28N6O2S5/c33-27-25-21-5-1-3-7-23(21)43-29(25)35-31(41)37(27)17-9-13-19(14-10-17)45(39,40)20-15-11-18(12-16-20)38-28(34)26-22-6-2-4-8-24(22)44-30(26)36-32(38)42/h9-16H,1-8,33-34H2. The molecule has 0 aliphatic heterocycles. The summed E-state index contributed by atoms with van der Waals surface area (Å²) in [7, 11) is -3.81. The van der Waals surface area contributed by atoms with E-state index in [1.165, 1.54) is 33.7 Å². The Hall–Kier alpha value is -3.49. The number of rotatable bonds is 4. The third kappa shape index (κ3) is 4.58. The van der Waals surface area contributed by atoms with Gasteiger partial charge in [-0.2, -0.15) is 0 Å². The normalized spacial score (nSPS) is 14.9. The van der Waals surface area contributed by atoms with Crippen LogP contribution in [0.3, 0.4) is 0 Å². The summed E-state index contributed by atoms with van der Waals surface area (Å²) < 4.78 is 31.5. The lowest BCUT2D eigenvalue weighted by molar-refractivity contribution is 0.596. The van der Waals surface area contributed by atoms with Gasteiger partial charge in [0.05, 0.1) is 20.6 Å². The number of nitrogen functional groups attached to an aromatic ring is 2. The van der Waals surface area contributed by atoms with Gasteiger partial charge in [-0.25, -0.2) is 18.4 Å². The van der Waals surface area contributed by atoms with Gasteiger partial charge in [-0.15, -0.1) is 22.7 Å². The molecular weight excluding hydrogens is 661 g/mol. The molecule has 6 aromatic rings. The number of fused-ring (bicyclic) bond motifs is 6. The predicted molar refractivity (Wildman–Crippen MR) is 187 cm³/mol. The van der Waals surface area contributed by atoms with Crippen molar-refractivity contribution in [2.24, 2.45) is 0 Å². The summed E-state index contributed by atoms with van der Waals surface area (Å²) in [5, 5.41) is 1.93. The Labute approximate surface area is 277 Å². The predicted octanol–water partition coefficient (Wildman–Crippen LogP) is 7.70. The molecule has 228 valence electrons. The highest BCUT2D eigenvalue weighted by Crippen LogP contribution is 2.40. The monoisotopic (exact) mass is 688 g/mol. The SMILES string of the molecule is Nc1c2c3c(sc2nc(=S)n1-c1ccc(S(=O)(=O)c2ccc(-n4c(N)c5c6c(sc5nc4=S)CCCC6)cc2)cc1)CCCC3. The molecule has 8 nitrogen and oxygen atoms in total. The second-order valence-electron chi connectivity index (χ2n) is 11.5. The van der Waals surface area contributed by atoms with E-state index in [0.29, 0.717) is 32.6 Å². The van der Waals surface area contributed by atoms with Gasteiger partial charge in [0, 0.05) is 21.1 Å². The maximum Gasteiger partial charge on any atom is 0.207 e. The Morgan fingerprint density at radius 2 is 1.00 bits per heavy atom. The lowest BCUT2D eigenvalue weighted by Crippen LogP contribution is -2.09. The van der Waals surface area contributed by atoms with Gasteiger partial charge in [0.2, 0.25) is 19.4 Å². The number of aromatic nitrogens is 4. The van der Waals surface area contributed by atoms with Crippen molar-refractivity contribution < 1.29 is 8.42 Å². The fourth-order valence-electron chi connectivity index (χ4n) is 6.68. The van der Waals surface area contributed by atoms with Crippen molar-refractivity contribution in [2.45, 2.75) is 61.2 Å². The summed E-state index contributed by atoms with van der Waals surface area (Å²) in [6.07, 6.45) is 8.64. The molecule has 45 heavy (non-hydrogen) atoms. The van der Waals surface area contributed by atoms with E-state index in [-0.39, 0.29) is 9.79 Å². The van der Waals surface area contributed by atoms with Gasteiger partial charge in [0.15, 0.2) is 0 Å². The number of benzene rings is 2. The molecule has 0 bridgehead atoms. The van der Waals surface area contributed by atoms with E-state index in [0.717, 1.165) is 59.0 Å². The zero-order chi connectivity index (χ0) is 31.0. The Balaban J connectivity index is 1.13. The first-order valence-electron chi connectivity index (χ1n) is 14.8. The Morgan fingerprint density at radius 3 is 1.40 bits per heavy atom. The quantitative estimate of drug-likeness (QED) is 0.181. The summed E-state index contributed by atoms with van der Waals surface area (Å²) in [5.41, 5.74) is 17.3. The first-order valence-corrected chi connectivity index (χ1v) is 18.8. The third-order valence-electron chi connectivity index (χ3n) is 8.89. The lowest BCUT2D eigenvalue weighted by Gasteiger charge is -2.15. The van der Waals surface area contributed by atoms with Gasteiger partial charge in [0.1, 0.15) is 21.3 Å². The molecule has 0 radical (unpaired) electrons. The molecule has 0 spiro atoms. The molecule has 4 N–H and O–H groups in total. The zero-order valence-electron chi connectivity index (χ0n) is 24.1. The van der Waals surface area contributed by atoms with Crippen molar-refractivity contribution >= 4 is 89.0 Å².